The molecule has 70 valence electrons. The lowest BCUT2D eigenvalue weighted by atomic mass is 10.3. The number of hydrogen-bond acceptors (Lipinski definition) is 4. The van der Waals surface area contributed by atoms with Gasteiger partial charge in [-0.25, -0.2) is 4.98 Å². The minimum atomic E-state index is -0.452. The van der Waals surface area contributed by atoms with Crippen molar-refractivity contribution in [2.75, 3.05) is 19.0 Å². The van der Waals surface area contributed by atoms with Crippen molar-refractivity contribution < 1.29 is 4.92 Å². The molecule has 0 saturated carbocycles. The van der Waals surface area contributed by atoms with Gasteiger partial charge in [-0.2, -0.15) is 0 Å². The maximum atomic E-state index is 10.7. The Bertz CT molecular complexity index is 341. The van der Waals surface area contributed by atoms with Crippen molar-refractivity contribution in [2.45, 2.75) is 0 Å². The third kappa shape index (κ3) is 1.95. The molecule has 0 radical (unpaired) electrons. The number of nitrogens with zero attached hydrogens (tertiary/aromatic N) is 3. The largest absolute Gasteiger partial charge is 0.372 e. The molecular formula is C7H8BrN3O2. The third-order valence-corrected chi connectivity index (χ3v) is 2.10. The van der Waals surface area contributed by atoms with Crippen LogP contribution in [0, 0.1) is 10.1 Å². The first kappa shape index (κ1) is 9.91. The molecule has 0 unspecified atom stereocenters. The lowest BCUT2D eigenvalue weighted by molar-refractivity contribution is -0.385. The highest BCUT2D eigenvalue weighted by molar-refractivity contribution is 9.10. The molecule has 1 aromatic rings. The Kier molecular flexibility index (Phi) is 2.82. The molecule has 1 heterocycles. The molecule has 0 atom stereocenters. The van der Waals surface area contributed by atoms with Crippen LogP contribution >= 0.6 is 15.9 Å². The molecule has 0 aliphatic rings. The maximum absolute atomic E-state index is 10.7. The summed E-state index contributed by atoms with van der Waals surface area (Å²) in [6.07, 6.45) is 1.52. The van der Waals surface area contributed by atoms with E-state index in [4.69, 9.17) is 0 Å². The topological polar surface area (TPSA) is 59.3 Å². The summed E-state index contributed by atoms with van der Waals surface area (Å²) >= 11 is 3.04. The van der Waals surface area contributed by atoms with E-state index in [0.29, 0.717) is 5.69 Å². The first-order valence-corrected chi connectivity index (χ1v) is 4.29. The highest BCUT2D eigenvalue weighted by Gasteiger charge is 2.20. The molecule has 0 saturated heterocycles. The molecule has 0 aliphatic heterocycles. The zero-order valence-corrected chi connectivity index (χ0v) is 8.78. The number of aromatic nitrogens is 1. The Morgan fingerprint density at radius 2 is 2.23 bits per heavy atom. The summed E-state index contributed by atoms with van der Waals surface area (Å²) in [5, 5.41) is 10.7. The van der Waals surface area contributed by atoms with E-state index < -0.39 is 4.92 Å². The average molecular weight is 246 g/mol. The van der Waals surface area contributed by atoms with Crippen LogP contribution in [0.2, 0.25) is 0 Å². The van der Waals surface area contributed by atoms with Gasteiger partial charge in [-0.15, -0.1) is 0 Å². The van der Waals surface area contributed by atoms with E-state index in [2.05, 4.69) is 20.9 Å². The SMILES string of the molecule is CN(C)c1ccnc(Br)c1[N+](=O)[O-]. The molecule has 5 nitrogen and oxygen atoms in total. The van der Waals surface area contributed by atoms with Crippen molar-refractivity contribution in [1.29, 1.82) is 0 Å². The monoisotopic (exact) mass is 245 g/mol. The van der Waals surface area contributed by atoms with Crippen LogP contribution in [0.15, 0.2) is 16.9 Å². The van der Waals surface area contributed by atoms with Gasteiger partial charge in [0.2, 0.25) is 0 Å². The Morgan fingerprint density at radius 3 is 2.62 bits per heavy atom. The summed E-state index contributed by atoms with van der Waals surface area (Å²) in [7, 11) is 3.49. The van der Waals surface area contributed by atoms with Crippen molar-refractivity contribution >= 4 is 27.3 Å². The van der Waals surface area contributed by atoms with Crippen LogP contribution < -0.4 is 4.90 Å². The minimum Gasteiger partial charge on any atom is -0.372 e. The molecule has 0 aromatic carbocycles. The van der Waals surface area contributed by atoms with Gasteiger partial charge in [0.25, 0.3) is 0 Å². The molecule has 0 aliphatic carbocycles. The first-order chi connectivity index (χ1) is 6.04. The number of anilines is 1. The standard InChI is InChI=1S/C7H8BrN3O2/c1-10(2)5-3-4-9-7(8)6(5)11(12)13/h3-4H,1-2H3. The van der Waals surface area contributed by atoms with E-state index in [1.54, 1.807) is 25.1 Å². The van der Waals surface area contributed by atoms with E-state index in [1.165, 1.54) is 6.20 Å². The molecule has 6 heteroatoms. The van der Waals surface area contributed by atoms with Crippen molar-refractivity contribution in [2.24, 2.45) is 0 Å². The van der Waals surface area contributed by atoms with E-state index >= 15 is 0 Å². The van der Waals surface area contributed by atoms with Crippen LogP contribution in [0.25, 0.3) is 0 Å². The van der Waals surface area contributed by atoms with Gasteiger partial charge in [-0.3, -0.25) is 10.1 Å². The summed E-state index contributed by atoms with van der Waals surface area (Å²) in [5.74, 6) is 0. The molecular weight excluding hydrogens is 238 g/mol. The van der Waals surface area contributed by atoms with Crippen LogP contribution in [0.1, 0.15) is 0 Å². The second kappa shape index (κ2) is 3.69. The van der Waals surface area contributed by atoms with Gasteiger partial charge < -0.3 is 4.90 Å². The summed E-state index contributed by atoms with van der Waals surface area (Å²) in [6, 6.07) is 1.60. The quantitative estimate of drug-likeness (QED) is 0.453. The zero-order valence-electron chi connectivity index (χ0n) is 7.19. The Labute approximate surface area is 83.7 Å². The number of pyridine rings is 1. The second-order valence-electron chi connectivity index (χ2n) is 2.62. The molecule has 0 bridgehead atoms. The van der Waals surface area contributed by atoms with Crippen LogP contribution in [-0.2, 0) is 0 Å². The van der Waals surface area contributed by atoms with Gasteiger partial charge in [0.1, 0.15) is 5.69 Å². The lowest BCUT2D eigenvalue weighted by Gasteiger charge is -2.12. The molecule has 13 heavy (non-hydrogen) atoms. The summed E-state index contributed by atoms with van der Waals surface area (Å²) in [4.78, 5) is 15.7. The lowest BCUT2D eigenvalue weighted by Crippen LogP contribution is -2.11. The van der Waals surface area contributed by atoms with E-state index in [0.717, 1.165) is 0 Å². The van der Waals surface area contributed by atoms with Gasteiger partial charge in [-0.1, -0.05) is 0 Å². The number of hydrogen-bond donors (Lipinski definition) is 0. The van der Waals surface area contributed by atoms with Crippen LogP contribution in [0.5, 0.6) is 0 Å². The molecule has 0 amide bonds. The predicted molar refractivity (Wildman–Crippen MR) is 52.9 cm³/mol. The molecule has 0 N–H and O–H groups in total. The highest BCUT2D eigenvalue weighted by Crippen LogP contribution is 2.31. The Morgan fingerprint density at radius 1 is 1.62 bits per heavy atom. The number of rotatable bonds is 2. The second-order valence-corrected chi connectivity index (χ2v) is 3.37. The molecule has 0 spiro atoms. The van der Waals surface area contributed by atoms with E-state index in [9.17, 15) is 10.1 Å². The van der Waals surface area contributed by atoms with Gasteiger partial charge in [0.05, 0.1) is 4.92 Å². The Balaban J connectivity index is 3.34. The van der Waals surface area contributed by atoms with Gasteiger partial charge in [-0.05, 0) is 22.0 Å². The molecule has 0 fully saturated rings. The number of nitro groups is 1. The van der Waals surface area contributed by atoms with Gasteiger partial charge >= 0.3 is 5.69 Å². The summed E-state index contributed by atoms with van der Waals surface area (Å²) < 4.78 is 0.253. The highest BCUT2D eigenvalue weighted by atomic mass is 79.9. The van der Waals surface area contributed by atoms with Crippen molar-refractivity contribution in [3.05, 3.63) is 27.0 Å². The smallest absolute Gasteiger partial charge is 0.324 e. The van der Waals surface area contributed by atoms with E-state index in [-0.39, 0.29) is 10.3 Å². The van der Waals surface area contributed by atoms with Crippen LogP contribution in [-0.4, -0.2) is 24.0 Å². The molecule has 1 aromatic heterocycles. The van der Waals surface area contributed by atoms with Crippen LogP contribution in [0.3, 0.4) is 0 Å². The third-order valence-electron chi connectivity index (χ3n) is 1.52. The average Bonchev–Trinajstić information content (AvgIpc) is 2.02. The number of halogens is 1. The minimum absolute atomic E-state index is 0.00694. The zero-order chi connectivity index (χ0) is 10.0. The maximum Gasteiger partial charge on any atom is 0.324 e. The van der Waals surface area contributed by atoms with E-state index in [1.807, 2.05) is 0 Å². The summed E-state index contributed by atoms with van der Waals surface area (Å²) in [6.45, 7) is 0. The molecule has 1 rings (SSSR count). The fraction of sp³-hybridized carbons (Fsp3) is 0.286. The predicted octanol–water partition coefficient (Wildman–Crippen LogP) is 1.82. The first-order valence-electron chi connectivity index (χ1n) is 3.50. The summed E-state index contributed by atoms with van der Waals surface area (Å²) in [5.41, 5.74) is 0.527. The van der Waals surface area contributed by atoms with Crippen molar-refractivity contribution in [3.63, 3.8) is 0 Å². The Hall–Kier alpha value is -1.17. The van der Waals surface area contributed by atoms with Gasteiger partial charge in [0.15, 0.2) is 4.60 Å². The fourth-order valence-corrected chi connectivity index (χ4v) is 1.41. The van der Waals surface area contributed by atoms with Gasteiger partial charge in [0, 0.05) is 20.3 Å². The van der Waals surface area contributed by atoms with Crippen molar-refractivity contribution in [3.8, 4) is 0 Å². The van der Waals surface area contributed by atoms with Crippen LogP contribution in [0.4, 0.5) is 11.4 Å². The van der Waals surface area contributed by atoms with Crippen molar-refractivity contribution in [1.82, 2.24) is 4.98 Å². The normalized spacial score (nSPS) is 9.77. The fourth-order valence-electron chi connectivity index (χ4n) is 0.949.